The van der Waals surface area contributed by atoms with E-state index in [0.717, 1.165) is 41.9 Å². The van der Waals surface area contributed by atoms with Gasteiger partial charge in [-0.15, -0.1) is 0 Å². The molecule has 2 amide bonds. The van der Waals surface area contributed by atoms with E-state index in [2.05, 4.69) is 41.8 Å². The first-order chi connectivity index (χ1) is 15.9. The van der Waals surface area contributed by atoms with Crippen LogP contribution in [0.25, 0.3) is 11.1 Å². The maximum absolute atomic E-state index is 12.8. The number of anilines is 2. The molecule has 0 aliphatic heterocycles. The SMILES string of the molecule is CC(=O)Nc1ccc(-c2ccc(C(=O)Nc3ccc4c(c3)CCC(CN(C)C)C4)cc2)cc1. The lowest BCUT2D eigenvalue weighted by atomic mass is 9.83. The van der Waals surface area contributed by atoms with Crippen LogP contribution in [0, 0.1) is 5.92 Å². The van der Waals surface area contributed by atoms with Gasteiger partial charge in [0.05, 0.1) is 0 Å². The number of nitrogens with one attached hydrogen (secondary N) is 2. The highest BCUT2D eigenvalue weighted by Crippen LogP contribution is 2.28. The van der Waals surface area contributed by atoms with Gasteiger partial charge in [0.1, 0.15) is 0 Å². The van der Waals surface area contributed by atoms with E-state index in [0.29, 0.717) is 11.5 Å². The van der Waals surface area contributed by atoms with Crippen LogP contribution in [0.1, 0.15) is 34.8 Å². The molecule has 3 aromatic rings. The second-order valence-electron chi connectivity index (χ2n) is 9.14. The maximum atomic E-state index is 12.8. The number of carbonyl (C=O) groups is 2. The van der Waals surface area contributed by atoms with Crippen LogP contribution in [0.3, 0.4) is 0 Å². The summed E-state index contributed by atoms with van der Waals surface area (Å²) >= 11 is 0. The molecule has 0 saturated heterocycles. The zero-order chi connectivity index (χ0) is 23.4. The summed E-state index contributed by atoms with van der Waals surface area (Å²) < 4.78 is 0. The van der Waals surface area contributed by atoms with Crippen molar-refractivity contribution >= 4 is 23.2 Å². The lowest BCUT2D eigenvalue weighted by molar-refractivity contribution is -0.114. The Balaban J connectivity index is 1.39. The number of fused-ring (bicyclic) bond motifs is 1. The first-order valence-electron chi connectivity index (χ1n) is 11.4. The molecule has 0 heterocycles. The summed E-state index contributed by atoms with van der Waals surface area (Å²) in [6, 6.07) is 21.5. The van der Waals surface area contributed by atoms with E-state index in [9.17, 15) is 9.59 Å². The van der Waals surface area contributed by atoms with Gasteiger partial charge in [-0.3, -0.25) is 9.59 Å². The van der Waals surface area contributed by atoms with E-state index < -0.39 is 0 Å². The van der Waals surface area contributed by atoms with Crippen molar-refractivity contribution in [1.29, 1.82) is 0 Å². The lowest BCUT2D eigenvalue weighted by Gasteiger charge is -2.27. The predicted octanol–water partition coefficient (Wildman–Crippen LogP) is 5.23. The van der Waals surface area contributed by atoms with Crippen molar-refractivity contribution < 1.29 is 9.59 Å². The molecule has 2 N–H and O–H groups in total. The van der Waals surface area contributed by atoms with Crippen molar-refractivity contribution in [3.63, 3.8) is 0 Å². The molecule has 170 valence electrons. The summed E-state index contributed by atoms with van der Waals surface area (Å²) in [6.45, 7) is 2.61. The molecule has 1 aliphatic carbocycles. The first kappa shape index (κ1) is 22.7. The molecular formula is C28H31N3O2. The average molecular weight is 442 g/mol. The molecule has 5 heteroatoms. The number of amides is 2. The molecule has 1 unspecified atom stereocenters. The number of rotatable bonds is 6. The molecule has 33 heavy (non-hydrogen) atoms. The van der Waals surface area contributed by atoms with Crippen molar-refractivity contribution in [2.45, 2.75) is 26.2 Å². The van der Waals surface area contributed by atoms with Gasteiger partial charge in [0.2, 0.25) is 5.91 Å². The fraction of sp³-hybridized carbons (Fsp3) is 0.286. The third-order valence-electron chi connectivity index (χ3n) is 6.10. The van der Waals surface area contributed by atoms with Crippen LogP contribution in [-0.4, -0.2) is 37.4 Å². The van der Waals surface area contributed by atoms with E-state index in [-0.39, 0.29) is 11.8 Å². The van der Waals surface area contributed by atoms with Crippen LogP contribution in [-0.2, 0) is 17.6 Å². The lowest BCUT2D eigenvalue weighted by Crippen LogP contribution is -2.26. The predicted molar refractivity (Wildman–Crippen MR) is 135 cm³/mol. The summed E-state index contributed by atoms with van der Waals surface area (Å²) in [7, 11) is 4.26. The Labute approximate surface area is 195 Å². The minimum absolute atomic E-state index is 0.0921. The van der Waals surface area contributed by atoms with Gasteiger partial charge in [0.15, 0.2) is 0 Å². The molecule has 0 fully saturated rings. The van der Waals surface area contributed by atoms with Crippen LogP contribution in [0.15, 0.2) is 66.7 Å². The first-order valence-corrected chi connectivity index (χ1v) is 11.4. The smallest absolute Gasteiger partial charge is 0.255 e. The molecular weight excluding hydrogens is 410 g/mol. The molecule has 0 saturated carbocycles. The number of benzene rings is 3. The molecule has 5 nitrogen and oxygen atoms in total. The minimum Gasteiger partial charge on any atom is -0.326 e. The highest BCUT2D eigenvalue weighted by atomic mass is 16.2. The van der Waals surface area contributed by atoms with E-state index in [1.54, 1.807) is 0 Å². The van der Waals surface area contributed by atoms with Gasteiger partial charge >= 0.3 is 0 Å². The summed E-state index contributed by atoms with van der Waals surface area (Å²) in [5.41, 5.74) is 7.03. The second-order valence-corrected chi connectivity index (χ2v) is 9.14. The molecule has 4 rings (SSSR count). The van der Waals surface area contributed by atoms with E-state index >= 15 is 0 Å². The third kappa shape index (κ3) is 5.88. The number of hydrogen-bond donors (Lipinski definition) is 2. The summed E-state index contributed by atoms with van der Waals surface area (Å²) in [4.78, 5) is 26.2. The van der Waals surface area contributed by atoms with Crippen molar-refractivity contribution in [1.82, 2.24) is 4.90 Å². The van der Waals surface area contributed by atoms with Crippen molar-refractivity contribution in [3.05, 3.63) is 83.4 Å². The fourth-order valence-electron chi connectivity index (χ4n) is 4.55. The van der Waals surface area contributed by atoms with E-state index in [1.165, 1.54) is 24.5 Å². The fourth-order valence-corrected chi connectivity index (χ4v) is 4.55. The van der Waals surface area contributed by atoms with Crippen LogP contribution in [0.4, 0.5) is 11.4 Å². The summed E-state index contributed by atoms with van der Waals surface area (Å²) in [5.74, 6) is 0.502. The monoisotopic (exact) mass is 441 g/mol. The topological polar surface area (TPSA) is 61.4 Å². The summed E-state index contributed by atoms with van der Waals surface area (Å²) in [6.07, 6.45) is 3.36. The third-order valence-corrected chi connectivity index (χ3v) is 6.10. The Morgan fingerprint density at radius 1 is 0.848 bits per heavy atom. The van der Waals surface area contributed by atoms with Crippen LogP contribution >= 0.6 is 0 Å². The van der Waals surface area contributed by atoms with Crippen LogP contribution in [0.2, 0.25) is 0 Å². The van der Waals surface area contributed by atoms with Crippen molar-refractivity contribution in [3.8, 4) is 11.1 Å². The Kier molecular flexibility index (Phi) is 6.90. The van der Waals surface area contributed by atoms with Gasteiger partial charge in [-0.1, -0.05) is 30.3 Å². The molecule has 0 spiro atoms. The minimum atomic E-state index is -0.108. The molecule has 1 atom stereocenters. The quantitative estimate of drug-likeness (QED) is 0.551. The zero-order valence-electron chi connectivity index (χ0n) is 19.5. The maximum Gasteiger partial charge on any atom is 0.255 e. The normalized spacial score (nSPS) is 15.1. The van der Waals surface area contributed by atoms with Gasteiger partial charge in [-0.05, 0) is 97.9 Å². The van der Waals surface area contributed by atoms with Gasteiger partial charge in [-0.2, -0.15) is 0 Å². The van der Waals surface area contributed by atoms with Gasteiger partial charge in [0.25, 0.3) is 5.91 Å². The largest absolute Gasteiger partial charge is 0.326 e. The number of hydrogen-bond acceptors (Lipinski definition) is 3. The summed E-state index contributed by atoms with van der Waals surface area (Å²) in [5, 5.41) is 5.81. The second kappa shape index (κ2) is 10.0. The highest BCUT2D eigenvalue weighted by molar-refractivity contribution is 6.04. The molecule has 3 aromatic carbocycles. The zero-order valence-corrected chi connectivity index (χ0v) is 19.5. The van der Waals surface area contributed by atoms with E-state index in [1.807, 2.05) is 54.6 Å². The van der Waals surface area contributed by atoms with Crippen molar-refractivity contribution in [2.75, 3.05) is 31.3 Å². The van der Waals surface area contributed by atoms with E-state index in [4.69, 9.17) is 0 Å². The van der Waals surface area contributed by atoms with Gasteiger partial charge in [-0.25, -0.2) is 0 Å². The Bertz CT molecular complexity index is 1130. The molecule has 0 radical (unpaired) electrons. The number of nitrogens with zero attached hydrogens (tertiary/aromatic N) is 1. The molecule has 0 bridgehead atoms. The van der Waals surface area contributed by atoms with Crippen LogP contribution < -0.4 is 10.6 Å². The van der Waals surface area contributed by atoms with Crippen molar-refractivity contribution in [2.24, 2.45) is 5.92 Å². The Hall–Kier alpha value is -3.44. The Morgan fingerprint density at radius 3 is 2.12 bits per heavy atom. The molecule has 1 aliphatic rings. The Morgan fingerprint density at radius 2 is 1.48 bits per heavy atom. The highest BCUT2D eigenvalue weighted by Gasteiger charge is 2.19. The van der Waals surface area contributed by atoms with Crippen LogP contribution in [0.5, 0.6) is 0 Å². The van der Waals surface area contributed by atoms with Gasteiger partial charge < -0.3 is 15.5 Å². The standard InChI is InChI=1S/C28H31N3O2/c1-19(32)29-26-13-10-22(11-14-26)21-6-8-23(9-7-21)28(33)30-27-15-12-24-16-20(18-31(2)3)4-5-25(24)17-27/h6-15,17,20H,4-5,16,18H2,1-3H3,(H,29,32)(H,30,33). The number of carbonyl (C=O) groups excluding carboxylic acids is 2. The van der Waals surface area contributed by atoms with Gasteiger partial charge in [0, 0.05) is 30.4 Å². The number of aryl methyl sites for hydroxylation is 1. The molecule has 0 aromatic heterocycles. The average Bonchev–Trinajstić information content (AvgIpc) is 2.79.